The van der Waals surface area contributed by atoms with Crippen LogP contribution in [-0.4, -0.2) is 20.9 Å². The van der Waals surface area contributed by atoms with Crippen LogP contribution >= 0.6 is 0 Å². The summed E-state index contributed by atoms with van der Waals surface area (Å²) in [4.78, 5) is 24.3. The number of phenolic OH excluding ortho intramolecular Hbond substituents is 1. The van der Waals surface area contributed by atoms with Crippen molar-refractivity contribution in [3.63, 3.8) is 0 Å². The molecular formula is C22H18N2O5. The molecule has 2 aromatic heterocycles. The molecule has 0 saturated heterocycles. The Morgan fingerprint density at radius 2 is 1.90 bits per heavy atom. The summed E-state index contributed by atoms with van der Waals surface area (Å²) in [6.07, 6.45) is 1.71. The van der Waals surface area contributed by atoms with Gasteiger partial charge in [-0.3, -0.25) is 0 Å². The van der Waals surface area contributed by atoms with Gasteiger partial charge in [0.05, 0.1) is 11.3 Å². The highest BCUT2D eigenvalue weighted by atomic mass is 16.5. The third-order valence-corrected chi connectivity index (χ3v) is 4.76. The van der Waals surface area contributed by atoms with E-state index in [1.807, 2.05) is 13.0 Å². The van der Waals surface area contributed by atoms with E-state index in [2.05, 4.69) is 5.10 Å². The van der Waals surface area contributed by atoms with Crippen molar-refractivity contribution in [1.29, 1.82) is 0 Å². The first kappa shape index (κ1) is 18.5. The number of aromatic nitrogens is 2. The number of aryl methyl sites for hydroxylation is 2. The highest BCUT2D eigenvalue weighted by molar-refractivity contribution is 5.90. The summed E-state index contributed by atoms with van der Waals surface area (Å²) in [5, 5.41) is 14.7. The number of benzene rings is 2. The maximum atomic E-state index is 12.4. The highest BCUT2D eigenvalue weighted by Crippen LogP contribution is 2.27. The molecule has 1 N–H and O–H groups in total. The molecule has 146 valence electrons. The van der Waals surface area contributed by atoms with Crippen molar-refractivity contribution >= 4 is 16.9 Å². The molecule has 0 aliphatic carbocycles. The number of carbonyl (C=O) groups excluding carboxylic acids is 1. The normalized spacial score (nSPS) is 11.0. The predicted octanol–water partition coefficient (Wildman–Crippen LogP) is 3.66. The van der Waals surface area contributed by atoms with Crippen LogP contribution in [0.3, 0.4) is 0 Å². The Morgan fingerprint density at radius 1 is 1.14 bits per heavy atom. The molecule has 4 aromatic rings. The number of aromatic hydroxyl groups is 1. The number of ether oxygens (including phenoxy) is 1. The zero-order valence-electron chi connectivity index (χ0n) is 15.9. The second-order valence-electron chi connectivity index (χ2n) is 6.68. The lowest BCUT2D eigenvalue weighted by Gasteiger charge is -2.10. The van der Waals surface area contributed by atoms with E-state index in [1.165, 1.54) is 12.1 Å². The molecule has 0 fully saturated rings. The molecule has 0 atom stereocenters. The van der Waals surface area contributed by atoms with E-state index in [9.17, 15) is 14.7 Å². The van der Waals surface area contributed by atoms with Gasteiger partial charge < -0.3 is 14.3 Å². The Kier molecular flexibility index (Phi) is 4.64. The van der Waals surface area contributed by atoms with Gasteiger partial charge in [-0.1, -0.05) is 0 Å². The number of hydrogen-bond acceptors (Lipinski definition) is 6. The van der Waals surface area contributed by atoms with Gasteiger partial charge in [-0.25, -0.2) is 14.3 Å². The average Bonchev–Trinajstić information content (AvgIpc) is 3.15. The van der Waals surface area contributed by atoms with Gasteiger partial charge in [-0.15, -0.1) is 0 Å². The zero-order chi connectivity index (χ0) is 20.5. The molecule has 2 heterocycles. The number of esters is 1. The molecule has 0 aliphatic heterocycles. The van der Waals surface area contributed by atoms with Gasteiger partial charge >= 0.3 is 11.6 Å². The molecule has 0 aliphatic rings. The van der Waals surface area contributed by atoms with Crippen LogP contribution in [0.15, 0.2) is 63.9 Å². The molecule has 29 heavy (non-hydrogen) atoms. The fourth-order valence-corrected chi connectivity index (χ4v) is 3.14. The third kappa shape index (κ3) is 3.50. The van der Waals surface area contributed by atoms with E-state index in [0.717, 1.165) is 11.4 Å². The van der Waals surface area contributed by atoms with Crippen molar-refractivity contribution in [3.05, 3.63) is 87.5 Å². The quantitative estimate of drug-likeness (QED) is 0.422. The fourth-order valence-electron chi connectivity index (χ4n) is 3.14. The number of carbonyl (C=O) groups is 1. The van der Waals surface area contributed by atoms with Crippen molar-refractivity contribution < 1.29 is 19.1 Å². The van der Waals surface area contributed by atoms with Gasteiger partial charge in [0.25, 0.3) is 0 Å². The van der Waals surface area contributed by atoms with Gasteiger partial charge in [0.2, 0.25) is 0 Å². The zero-order valence-corrected chi connectivity index (χ0v) is 15.9. The van der Waals surface area contributed by atoms with Crippen LogP contribution in [0.5, 0.6) is 5.75 Å². The average molecular weight is 390 g/mol. The van der Waals surface area contributed by atoms with Crippen molar-refractivity contribution in [2.45, 2.75) is 20.5 Å². The number of hydrogen-bond donors (Lipinski definition) is 1. The second-order valence-corrected chi connectivity index (χ2v) is 6.68. The largest absolute Gasteiger partial charge is 0.508 e. The molecule has 0 spiro atoms. The standard InChI is InChI=1S/C22H18N2O5/c1-13-9-10-23-24(13)17-5-3-15(4-6-17)22(27)28-12-16-11-20(26)29-21-14(2)19(25)8-7-18(16)21/h3-11,25H,12H2,1-2H3. The molecule has 0 bridgehead atoms. The summed E-state index contributed by atoms with van der Waals surface area (Å²) in [5.41, 5.74) is 2.88. The number of fused-ring (bicyclic) bond motifs is 1. The number of rotatable bonds is 4. The Balaban J connectivity index is 1.55. The van der Waals surface area contributed by atoms with Crippen LogP contribution < -0.4 is 5.63 Å². The number of nitrogens with zero attached hydrogens (tertiary/aromatic N) is 2. The monoisotopic (exact) mass is 390 g/mol. The first-order valence-corrected chi connectivity index (χ1v) is 8.97. The molecule has 7 heteroatoms. The van der Waals surface area contributed by atoms with E-state index in [4.69, 9.17) is 9.15 Å². The lowest BCUT2D eigenvalue weighted by Crippen LogP contribution is -2.08. The van der Waals surface area contributed by atoms with E-state index >= 15 is 0 Å². The van der Waals surface area contributed by atoms with Crippen LogP contribution in [-0.2, 0) is 11.3 Å². The molecular weight excluding hydrogens is 372 g/mol. The van der Waals surface area contributed by atoms with Crippen molar-refractivity contribution in [2.24, 2.45) is 0 Å². The molecule has 0 radical (unpaired) electrons. The third-order valence-electron chi connectivity index (χ3n) is 4.76. The lowest BCUT2D eigenvalue weighted by atomic mass is 10.1. The molecule has 2 aromatic carbocycles. The lowest BCUT2D eigenvalue weighted by molar-refractivity contribution is 0.0474. The summed E-state index contributed by atoms with van der Waals surface area (Å²) in [6, 6.07) is 13.2. The SMILES string of the molecule is Cc1c(O)ccc2c(COC(=O)c3ccc(-n4nccc4C)cc3)cc(=O)oc12. The van der Waals surface area contributed by atoms with Crippen LogP contribution in [0.1, 0.15) is 27.2 Å². The Morgan fingerprint density at radius 3 is 2.59 bits per heavy atom. The fraction of sp³-hybridized carbons (Fsp3) is 0.136. The van der Waals surface area contributed by atoms with E-state index in [1.54, 1.807) is 48.1 Å². The van der Waals surface area contributed by atoms with Crippen LogP contribution in [0.4, 0.5) is 0 Å². The molecule has 0 saturated carbocycles. The van der Waals surface area contributed by atoms with Crippen molar-refractivity contribution in [1.82, 2.24) is 9.78 Å². The first-order valence-electron chi connectivity index (χ1n) is 8.97. The highest BCUT2D eigenvalue weighted by Gasteiger charge is 2.14. The molecule has 7 nitrogen and oxygen atoms in total. The van der Waals surface area contributed by atoms with E-state index in [-0.39, 0.29) is 17.9 Å². The van der Waals surface area contributed by atoms with Gasteiger partial charge in [-0.2, -0.15) is 5.10 Å². The summed E-state index contributed by atoms with van der Waals surface area (Å²) in [5.74, 6) is -0.479. The molecule has 0 unspecified atom stereocenters. The molecule has 0 amide bonds. The van der Waals surface area contributed by atoms with Crippen molar-refractivity contribution in [3.8, 4) is 11.4 Å². The topological polar surface area (TPSA) is 94.6 Å². The second kappa shape index (κ2) is 7.27. The van der Waals surface area contributed by atoms with Gasteiger partial charge in [0, 0.05) is 34.5 Å². The summed E-state index contributed by atoms with van der Waals surface area (Å²) in [6.45, 7) is 3.50. The minimum Gasteiger partial charge on any atom is -0.508 e. The Labute approximate surface area is 165 Å². The van der Waals surface area contributed by atoms with Crippen LogP contribution in [0.2, 0.25) is 0 Å². The predicted molar refractivity (Wildman–Crippen MR) is 106 cm³/mol. The van der Waals surface area contributed by atoms with Crippen LogP contribution in [0.25, 0.3) is 16.7 Å². The van der Waals surface area contributed by atoms with Gasteiger partial charge in [0.15, 0.2) is 0 Å². The van der Waals surface area contributed by atoms with Crippen LogP contribution in [0, 0.1) is 13.8 Å². The molecule has 4 rings (SSSR count). The van der Waals surface area contributed by atoms with E-state index in [0.29, 0.717) is 22.1 Å². The number of phenols is 1. The van der Waals surface area contributed by atoms with E-state index < -0.39 is 11.6 Å². The maximum absolute atomic E-state index is 12.4. The first-order chi connectivity index (χ1) is 13.9. The summed E-state index contributed by atoms with van der Waals surface area (Å²) in [7, 11) is 0. The van der Waals surface area contributed by atoms with Crippen molar-refractivity contribution in [2.75, 3.05) is 0 Å². The summed E-state index contributed by atoms with van der Waals surface area (Å²) < 4.78 is 12.4. The minimum absolute atomic E-state index is 0.0299. The smallest absolute Gasteiger partial charge is 0.338 e. The maximum Gasteiger partial charge on any atom is 0.338 e. The Hall–Kier alpha value is -3.87. The van der Waals surface area contributed by atoms with Gasteiger partial charge in [-0.05, 0) is 56.3 Å². The summed E-state index contributed by atoms with van der Waals surface area (Å²) >= 11 is 0. The van der Waals surface area contributed by atoms with Gasteiger partial charge in [0.1, 0.15) is 17.9 Å². The minimum atomic E-state index is -0.573. The Bertz CT molecular complexity index is 1270.